The number of methoxy groups -OCH3 is 1. The van der Waals surface area contributed by atoms with Crippen molar-refractivity contribution in [3.63, 3.8) is 0 Å². The highest BCUT2D eigenvalue weighted by atomic mass is 16.6. The third kappa shape index (κ3) is 3.39. The number of fused-ring (bicyclic) bond motifs is 13. The standard InChI is InChI=1S/C36H32N4O5/c1-36-33(43-3)26(38(2)35(42)44-19-20-11-5-4-6-12-20)17-27(45-36)39-24-15-9-7-13-21(24)29-30-23(18-37-34(30)41)28-22-14-8-10-16-25(22)40(36)32(28)31(29)39/h4-16,26-27,33H,17-19H2,1-3H3,(H,37,41)/t26-,27-,33-,36+/m1/s1. The van der Waals surface area contributed by atoms with Gasteiger partial charge in [0.15, 0.2) is 5.72 Å². The Morgan fingerprint density at radius 1 is 0.978 bits per heavy atom. The van der Waals surface area contributed by atoms with Crippen molar-refractivity contribution in [2.75, 3.05) is 14.2 Å². The number of carbonyl (C=O) groups excluding carboxylic acids is 2. The molecule has 2 aromatic heterocycles. The summed E-state index contributed by atoms with van der Waals surface area (Å²) >= 11 is 0. The van der Waals surface area contributed by atoms with E-state index in [1.165, 1.54) is 0 Å². The topological polar surface area (TPSA) is 87.0 Å². The number of rotatable bonds is 4. The summed E-state index contributed by atoms with van der Waals surface area (Å²) in [6.45, 7) is 2.70. The van der Waals surface area contributed by atoms with E-state index < -0.39 is 24.2 Å². The van der Waals surface area contributed by atoms with Gasteiger partial charge >= 0.3 is 6.09 Å². The summed E-state index contributed by atoms with van der Waals surface area (Å²) in [4.78, 5) is 28.9. The molecule has 6 aromatic rings. The quantitative estimate of drug-likeness (QED) is 0.253. The van der Waals surface area contributed by atoms with E-state index >= 15 is 0 Å². The summed E-state index contributed by atoms with van der Waals surface area (Å²) in [7, 11) is 3.46. The zero-order chi connectivity index (χ0) is 30.6. The molecule has 2 bridgehead atoms. The van der Waals surface area contributed by atoms with Gasteiger partial charge in [0, 0.05) is 48.7 Å². The van der Waals surface area contributed by atoms with Gasteiger partial charge in [-0.15, -0.1) is 0 Å². The summed E-state index contributed by atoms with van der Waals surface area (Å²) in [6.07, 6.45) is -0.957. The molecular formula is C36H32N4O5. The van der Waals surface area contributed by atoms with E-state index in [0.29, 0.717) is 13.0 Å². The molecule has 1 saturated heterocycles. The van der Waals surface area contributed by atoms with E-state index in [1.807, 2.05) is 54.6 Å². The third-order valence-corrected chi connectivity index (χ3v) is 10.2. The second-order valence-corrected chi connectivity index (χ2v) is 12.5. The average Bonchev–Trinajstić information content (AvgIpc) is 3.71. The highest BCUT2D eigenvalue weighted by molar-refractivity contribution is 6.31. The molecule has 0 radical (unpaired) electrons. The summed E-state index contributed by atoms with van der Waals surface area (Å²) in [5.41, 5.74) is 5.59. The maximum atomic E-state index is 13.6. The van der Waals surface area contributed by atoms with Crippen LogP contribution in [-0.2, 0) is 33.1 Å². The van der Waals surface area contributed by atoms with Gasteiger partial charge in [0.25, 0.3) is 5.91 Å². The molecule has 4 aromatic carbocycles. The fourth-order valence-electron chi connectivity index (χ4n) is 8.35. The molecule has 3 aliphatic rings. The molecule has 9 nitrogen and oxygen atoms in total. The number of hydrogen-bond acceptors (Lipinski definition) is 5. The van der Waals surface area contributed by atoms with Crippen LogP contribution in [0.4, 0.5) is 4.79 Å². The number of ether oxygens (including phenoxy) is 3. The molecule has 45 heavy (non-hydrogen) atoms. The molecule has 4 atom stereocenters. The van der Waals surface area contributed by atoms with Crippen LogP contribution in [-0.4, -0.2) is 52.3 Å². The van der Waals surface area contributed by atoms with Crippen LogP contribution in [0, 0.1) is 0 Å². The van der Waals surface area contributed by atoms with Crippen molar-refractivity contribution >= 4 is 55.6 Å². The van der Waals surface area contributed by atoms with Crippen LogP contribution in [0.3, 0.4) is 0 Å². The van der Waals surface area contributed by atoms with E-state index in [2.05, 4.69) is 45.6 Å². The Balaban J connectivity index is 1.32. The lowest BCUT2D eigenvalue weighted by atomic mass is 9.92. The lowest BCUT2D eigenvalue weighted by Gasteiger charge is -2.50. The van der Waals surface area contributed by atoms with Gasteiger partial charge < -0.3 is 33.6 Å². The van der Waals surface area contributed by atoms with E-state index in [4.69, 9.17) is 14.2 Å². The van der Waals surface area contributed by atoms with E-state index in [9.17, 15) is 9.59 Å². The van der Waals surface area contributed by atoms with Gasteiger partial charge in [0.2, 0.25) is 0 Å². The fraction of sp³-hybridized carbons (Fsp3) is 0.278. The minimum atomic E-state index is -1.02. The molecule has 2 amide bonds. The summed E-state index contributed by atoms with van der Waals surface area (Å²) in [5.74, 6) is -0.0560. The molecule has 1 N–H and O–H groups in total. The van der Waals surface area contributed by atoms with Gasteiger partial charge in [-0.1, -0.05) is 66.7 Å². The van der Waals surface area contributed by atoms with Crippen LogP contribution in [0.25, 0.3) is 43.6 Å². The van der Waals surface area contributed by atoms with Crippen LogP contribution in [0.2, 0.25) is 0 Å². The SMILES string of the molecule is CO[C@@H]1[C@H](N(C)C(=O)OCc2ccccc2)C[C@H]2O[C@]1(C)n1c3ccccc3c3c4c(c5c6ccccc6n2c5c31)C(=O)NC4. The largest absolute Gasteiger partial charge is 0.445 e. The van der Waals surface area contributed by atoms with Crippen molar-refractivity contribution in [3.05, 3.63) is 95.6 Å². The van der Waals surface area contributed by atoms with Crippen LogP contribution in [0.5, 0.6) is 0 Å². The van der Waals surface area contributed by atoms with Gasteiger partial charge in [0.05, 0.1) is 33.7 Å². The molecule has 3 aliphatic heterocycles. The maximum Gasteiger partial charge on any atom is 0.410 e. The molecule has 0 aliphatic carbocycles. The lowest BCUT2D eigenvalue weighted by molar-refractivity contribution is -0.265. The van der Waals surface area contributed by atoms with Crippen LogP contribution >= 0.6 is 0 Å². The predicted molar refractivity (Wildman–Crippen MR) is 171 cm³/mol. The number of amides is 2. The predicted octanol–water partition coefficient (Wildman–Crippen LogP) is 6.40. The smallest absolute Gasteiger partial charge is 0.410 e. The van der Waals surface area contributed by atoms with Crippen molar-refractivity contribution in [2.24, 2.45) is 0 Å². The molecule has 226 valence electrons. The fourth-order valence-corrected chi connectivity index (χ4v) is 8.35. The minimum absolute atomic E-state index is 0.0560. The van der Waals surface area contributed by atoms with Gasteiger partial charge in [-0.05, 0) is 30.2 Å². The first-order valence-electron chi connectivity index (χ1n) is 15.4. The first-order chi connectivity index (χ1) is 21.9. The number of benzene rings is 4. The summed E-state index contributed by atoms with van der Waals surface area (Å²) in [5, 5.41) is 7.17. The van der Waals surface area contributed by atoms with Crippen molar-refractivity contribution in [3.8, 4) is 0 Å². The van der Waals surface area contributed by atoms with Crippen LogP contribution in [0.15, 0.2) is 78.9 Å². The second-order valence-electron chi connectivity index (χ2n) is 12.5. The Kier molecular flexibility index (Phi) is 5.50. The van der Waals surface area contributed by atoms with Gasteiger partial charge in [-0.3, -0.25) is 4.79 Å². The highest BCUT2D eigenvalue weighted by Gasteiger charge is 2.55. The molecule has 9 rings (SSSR count). The Hall–Kier alpha value is -4.86. The molecule has 0 saturated carbocycles. The zero-order valence-electron chi connectivity index (χ0n) is 25.2. The van der Waals surface area contributed by atoms with Crippen molar-refractivity contribution < 1.29 is 23.8 Å². The van der Waals surface area contributed by atoms with Crippen LogP contribution < -0.4 is 5.32 Å². The number of aromatic nitrogens is 2. The van der Waals surface area contributed by atoms with E-state index in [0.717, 1.165) is 60.3 Å². The average molecular weight is 601 g/mol. The highest BCUT2D eigenvalue weighted by Crippen LogP contribution is 2.54. The minimum Gasteiger partial charge on any atom is -0.445 e. The Morgan fingerprint density at radius 2 is 1.67 bits per heavy atom. The normalized spacial score (nSPS) is 23.5. The van der Waals surface area contributed by atoms with Gasteiger partial charge in [0.1, 0.15) is 18.9 Å². The number of para-hydroxylation sites is 2. The zero-order valence-corrected chi connectivity index (χ0v) is 25.2. The van der Waals surface area contributed by atoms with E-state index in [1.54, 1.807) is 19.1 Å². The molecule has 0 unspecified atom stereocenters. The molecule has 0 spiro atoms. The third-order valence-electron chi connectivity index (χ3n) is 10.2. The number of carbonyl (C=O) groups is 2. The van der Waals surface area contributed by atoms with Crippen molar-refractivity contribution in [2.45, 2.75) is 50.6 Å². The Morgan fingerprint density at radius 3 is 2.42 bits per heavy atom. The summed E-state index contributed by atoms with van der Waals surface area (Å²) in [6, 6.07) is 25.8. The first kappa shape index (κ1) is 26.5. The number of hydrogen-bond donors (Lipinski definition) is 1. The number of likely N-dealkylation sites (N-methyl/N-ethyl adjacent to an activating group) is 1. The second kappa shape index (κ2) is 9.32. The Bertz CT molecular complexity index is 2220. The molecule has 5 heterocycles. The molecular weight excluding hydrogens is 568 g/mol. The Labute approximate surface area is 258 Å². The van der Waals surface area contributed by atoms with E-state index in [-0.39, 0.29) is 18.6 Å². The molecule has 1 fully saturated rings. The van der Waals surface area contributed by atoms with Gasteiger partial charge in [-0.2, -0.15) is 0 Å². The summed E-state index contributed by atoms with van der Waals surface area (Å²) < 4.78 is 23.9. The van der Waals surface area contributed by atoms with Crippen molar-refractivity contribution in [1.29, 1.82) is 0 Å². The van der Waals surface area contributed by atoms with Gasteiger partial charge in [-0.25, -0.2) is 4.79 Å². The lowest BCUT2D eigenvalue weighted by Crippen LogP contribution is -2.61. The maximum absolute atomic E-state index is 13.6. The number of nitrogens with zero attached hydrogens (tertiary/aromatic N) is 3. The van der Waals surface area contributed by atoms with Crippen molar-refractivity contribution in [1.82, 2.24) is 19.4 Å². The number of nitrogens with one attached hydrogen (secondary N) is 1. The molecule has 9 heteroatoms. The first-order valence-corrected chi connectivity index (χ1v) is 15.4. The van der Waals surface area contributed by atoms with Crippen LogP contribution in [0.1, 0.15) is 41.1 Å². The monoisotopic (exact) mass is 600 g/mol.